The van der Waals surface area contributed by atoms with Crippen LogP contribution in [-0.2, 0) is 5.60 Å². The molecular weight excluding hydrogens is 270 g/mol. The van der Waals surface area contributed by atoms with Crippen LogP contribution in [0.3, 0.4) is 0 Å². The summed E-state index contributed by atoms with van der Waals surface area (Å²) in [7, 11) is 0. The molecule has 1 fully saturated rings. The van der Waals surface area contributed by atoms with Gasteiger partial charge in [0.25, 0.3) is 0 Å². The average molecular weight is 285 g/mol. The largest absolute Gasteiger partial charge is 0.476 e. The zero-order chi connectivity index (χ0) is 14.9. The van der Waals surface area contributed by atoms with Gasteiger partial charge in [0, 0.05) is 31.3 Å². The van der Waals surface area contributed by atoms with E-state index in [1.807, 2.05) is 30.3 Å². The number of carboxylic acid groups (broad SMARTS) is 1. The lowest BCUT2D eigenvalue weighted by molar-refractivity contribution is -0.0472. The lowest BCUT2D eigenvalue weighted by Crippen LogP contribution is -2.48. The van der Waals surface area contributed by atoms with E-state index in [1.165, 1.54) is 12.4 Å². The third-order valence-corrected chi connectivity index (χ3v) is 3.72. The van der Waals surface area contributed by atoms with Crippen molar-refractivity contribution in [1.29, 1.82) is 0 Å². The van der Waals surface area contributed by atoms with Crippen LogP contribution >= 0.6 is 0 Å². The van der Waals surface area contributed by atoms with Crippen molar-refractivity contribution in [1.82, 2.24) is 9.97 Å². The molecule has 0 spiro atoms. The minimum atomic E-state index is -1.12. The van der Waals surface area contributed by atoms with E-state index in [-0.39, 0.29) is 17.6 Å². The van der Waals surface area contributed by atoms with Crippen molar-refractivity contribution in [3.8, 4) is 0 Å². The Labute approximate surface area is 121 Å². The van der Waals surface area contributed by atoms with Crippen LogP contribution in [0.15, 0.2) is 42.7 Å². The third kappa shape index (κ3) is 2.57. The normalized spacial score (nSPS) is 24.1. The number of benzene rings is 1. The van der Waals surface area contributed by atoms with E-state index in [4.69, 9.17) is 5.11 Å². The molecule has 2 aromatic rings. The summed E-state index contributed by atoms with van der Waals surface area (Å²) in [6, 6.07) is 9.44. The number of rotatable bonds is 4. The Hall–Kier alpha value is -2.47. The van der Waals surface area contributed by atoms with Gasteiger partial charge in [0.15, 0.2) is 11.5 Å². The molecule has 0 radical (unpaired) electrons. The maximum absolute atomic E-state index is 11.1. The number of carbonyl (C=O) groups is 1. The first-order chi connectivity index (χ1) is 10.1. The molecule has 6 nitrogen and oxygen atoms in total. The molecule has 1 aliphatic carbocycles. The maximum atomic E-state index is 11.1. The molecule has 108 valence electrons. The second-order valence-electron chi connectivity index (χ2n) is 5.21. The lowest BCUT2D eigenvalue weighted by Gasteiger charge is -2.44. The second-order valence-corrected chi connectivity index (χ2v) is 5.21. The molecule has 0 unspecified atom stereocenters. The maximum Gasteiger partial charge on any atom is 0.358 e. The van der Waals surface area contributed by atoms with Crippen molar-refractivity contribution in [2.45, 2.75) is 24.5 Å². The number of nitrogens with zero attached hydrogens (tertiary/aromatic N) is 2. The quantitative estimate of drug-likeness (QED) is 0.790. The number of aliphatic hydroxyl groups is 1. The number of aromatic carboxylic acids is 1. The summed E-state index contributed by atoms with van der Waals surface area (Å²) in [4.78, 5) is 18.9. The summed E-state index contributed by atoms with van der Waals surface area (Å²) in [5.41, 5.74) is -0.0850. The Balaban J connectivity index is 1.69. The first-order valence-electron chi connectivity index (χ1n) is 6.67. The Kier molecular flexibility index (Phi) is 3.31. The third-order valence-electron chi connectivity index (χ3n) is 3.72. The van der Waals surface area contributed by atoms with Gasteiger partial charge in [-0.2, -0.15) is 0 Å². The molecule has 1 heterocycles. The molecule has 0 saturated heterocycles. The van der Waals surface area contributed by atoms with E-state index in [2.05, 4.69) is 15.3 Å². The zero-order valence-corrected chi connectivity index (χ0v) is 11.2. The average Bonchev–Trinajstić information content (AvgIpc) is 2.47. The van der Waals surface area contributed by atoms with E-state index in [0.717, 1.165) is 5.56 Å². The van der Waals surface area contributed by atoms with Crippen LogP contribution in [0.25, 0.3) is 0 Å². The standard InChI is InChI=1S/C15H15N3O3/c19-14(20)12-13(17-7-6-16-12)18-11-8-15(21,9-11)10-4-2-1-3-5-10/h1-7,11,21H,8-9H2,(H,17,18)(H,19,20). The fourth-order valence-corrected chi connectivity index (χ4v) is 2.64. The highest BCUT2D eigenvalue weighted by atomic mass is 16.4. The van der Waals surface area contributed by atoms with Crippen molar-refractivity contribution in [3.63, 3.8) is 0 Å². The highest BCUT2D eigenvalue weighted by Crippen LogP contribution is 2.42. The summed E-state index contributed by atoms with van der Waals surface area (Å²) in [6.45, 7) is 0. The Bertz CT molecular complexity index is 654. The molecule has 21 heavy (non-hydrogen) atoms. The number of anilines is 1. The molecule has 1 saturated carbocycles. The van der Waals surface area contributed by atoms with Gasteiger partial charge >= 0.3 is 5.97 Å². The van der Waals surface area contributed by atoms with E-state index >= 15 is 0 Å². The van der Waals surface area contributed by atoms with Crippen molar-refractivity contribution in [3.05, 3.63) is 54.0 Å². The Morgan fingerprint density at radius 3 is 2.52 bits per heavy atom. The topological polar surface area (TPSA) is 95.3 Å². The fraction of sp³-hybridized carbons (Fsp3) is 0.267. The SMILES string of the molecule is O=C(O)c1nccnc1NC1CC(O)(c2ccccc2)C1. The first kappa shape index (κ1) is 13.5. The molecule has 1 aromatic carbocycles. The fourth-order valence-electron chi connectivity index (χ4n) is 2.64. The lowest BCUT2D eigenvalue weighted by atomic mass is 9.71. The van der Waals surface area contributed by atoms with Gasteiger partial charge in [-0.3, -0.25) is 0 Å². The van der Waals surface area contributed by atoms with E-state index in [1.54, 1.807) is 0 Å². The molecule has 0 bridgehead atoms. The molecular formula is C15H15N3O3. The van der Waals surface area contributed by atoms with Gasteiger partial charge < -0.3 is 15.5 Å². The second kappa shape index (κ2) is 5.14. The number of carboxylic acids is 1. The summed E-state index contributed by atoms with van der Waals surface area (Å²) in [5, 5.41) is 22.6. The highest BCUT2D eigenvalue weighted by molar-refractivity contribution is 5.90. The van der Waals surface area contributed by atoms with Crippen LogP contribution in [0.2, 0.25) is 0 Å². The number of hydrogen-bond donors (Lipinski definition) is 3. The van der Waals surface area contributed by atoms with Crippen LogP contribution in [0.4, 0.5) is 5.82 Å². The van der Waals surface area contributed by atoms with Crippen LogP contribution in [-0.4, -0.2) is 32.2 Å². The molecule has 3 rings (SSSR count). The summed E-state index contributed by atoms with van der Waals surface area (Å²) in [5.74, 6) is -0.881. The number of aromatic nitrogens is 2. The predicted octanol–water partition coefficient (Wildman–Crippen LogP) is 1.64. The van der Waals surface area contributed by atoms with Gasteiger partial charge in [-0.05, 0) is 5.56 Å². The van der Waals surface area contributed by atoms with Gasteiger partial charge in [0.1, 0.15) is 0 Å². The zero-order valence-electron chi connectivity index (χ0n) is 11.2. The van der Waals surface area contributed by atoms with Crippen molar-refractivity contribution < 1.29 is 15.0 Å². The van der Waals surface area contributed by atoms with Gasteiger partial charge in [0.05, 0.1) is 5.60 Å². The monoisotopic (exact) mass is 285 g/mol. The summed E-state index contributed by atoms with van der Waals surface area (Å²) < 4.78 is 0. The van der Waals surface area contributed by atoms with Gasteiger partial charge in [0.2, 0.25) is 0 Å². The molecule has 3 N–H and O–H groups in total. The van der Waals surface area contributed by atoms with Crippen LogP contribution in [0.1, 0.15) is 28.9 Å². The highest BCUT2D eigenvalue weighted by Gasteiger charge is 2.44. The number of hydrogen-bond acceptors (Lipinski definition) is 5. The summed E-state index contributed by atoms with van der Waals surface area (Å²) in [6.07, 6.45) is 3.80. The van der Waals surface area contributed by atoms with Crippen molar-refractivity contribution >= 4 is 11.8 Å². The Morgan fingerprint density at radius 1 is 1.19 bits per heavy atom. The smallest absolute Gasteiger partial charge is 0.358 e. The van der Waals surface area contributed by atoms with Crippen molar-refractivity contribution in [2.75, 3.05) is 5.32 Å². The van der Waals surface area contributed by atoms with E-state index in [0.29, 0.717) is 12.8 Å². The molecule has 1 aliphatic rings. The molecule has 0 amide bonds. The van der Waals surface area contributed by atoms with Gasteiger partial charge in [-0.1, -0.05) is 30.3 Å². The summed E-state index contributed by atoms with van der Waals surface area (Å²) >= 11 is 0. The van der Waals surface area contributed by atoms with Crippen LogP contribution in [0, 0.1) is 0 Å². The van der Waals surface area contributed by atoms with E-state index in [9.17, 15) is 9.90 Å². The predicted molar refractivity (Wildman–Crippen MR) is 76.0 cm³/mol. The molecule has 0 atom stereocenters. The minimum Gasteiger partial charge on any atom is -0.476 e. The molecule has 1 aromatic heterocycles. The van der Waals surface area contributed by atoms with Crippen LogP contribution in [0.5, 0.6) is 0 Å². The Morgan fingerprint density at radius 2 is 1.86 bits per heavy atom. The van der Waals surface area contributed by atoms with Gasteiger partial charge in [-0.25, -0.2) is 14.8 Å². The minimum absolute atomic E-state index is 0.0231. The van der Waals surface area contributed by atoms with Crippen molar-refractivity contribution in [2.24, 2.45) is 0 Å². The molecule has 0 aliphatic heterocycles. The van der Waals surface area contributed by atoms with E-state index < -0.39 is 11.6 Å². The molecule has 6 heteroatoms. The van der Waals surface area contributed by atoms with Gasteiger partial charge in [-0.15, -0.1) is 0 Å². The first-order valence-corrected chi connectivity index (χ1v) is 6.67. The van der Waals surface area contributed by atoms with Crippen LogP contribution < -0.4 is 5.32 Å². The number of nitrogens with one attached hydrogen (secondary N) is 1.